The molecule has 0 spiro atoms. The molecule has 2 fully saturated rings. The lowest BCUT2D eigenvalue weighted by atomic mass is 9.69. The summed E-state index contributed by atoms with van der Waals surface area (Å²) in [5.41, 5.74) is 0. The Labute approximate surface area is 195 Å². The minimum atomic E-state index is -3.93. The smallest absolute Gasteiger partial charge is 0.313 e. The molecule has 2 saturated heterocycles. The van der Waals surface area contributed by atoms with E-state index in [1.807, 2.05) is 0 Å². The Balaban J connectivity index is 1.74. The largest absolute Gasteiger partial charge is 0.494 e. The second-order valence-electron chi connectivity index (χ2n) is 8.13. The van der Waals surface area contributed by atoms with Crippen molar-refractivity contribution in [3.05, 3.63) is 53.0 Å². The molecule has 4 unspecified atom stereocenters. The van der Waals surface area contributed by atoms with E-state index in [0.717, 1.165) is 0 Å². The average molecular weight is 503 g/mol. The van der Waals surface area contributed by atoms with Gasteiger partial charge < -0.3 is 14.6 Å². The van der Waals surface area contributed by atoms with Gasteiger partial charge in [0, 0.05) is 23.5 Å². The summed E-state index contributed by atoms with van der Waals surface area (Å²) in [7, 11) is -3.93. The number of thioether (sulfide) groups is 1. The lowest BCUT2D eigenvalue weighted by Crippen LogP contribution is -2.63. The lowest BCUT2D eigenvalue weighted by Gasteiger charge is -2.54. The number of hydrogen-bond acceptors (Lipinski definition) is 6. The minimum absolute atomic E-state index is 0.0220. The van der Waals surface area contributed by atoms with Gasteiger partial charge in [0.05, 0.1) is 28.1 Å². The summed E-state index contributed by atoms with van der Waals surface area (Å²) >= 11 is 7.24. The third kappa shape index (κ3) is 4.08. The Hall–Kier alpha value is -1.55. The molecule has 3 aliphatic rings. The van der Waals surface area contributed by atoms with Crippen LogP contribution in [0.2, 0.25) is 5.02 Å². The number of carbonyl (C=O) groups is 1. The number of fused-ring (bicyclic) bond motifs is 3. The van der Waals surface area contributed by atoms with Crippen molar-refractivity contribution in [1.82, 2.24) is 0 Å². The van der Waals surface area contributed by atoms with Gasteiger partial charge in [0.1, 0.15) is 5.76 Å². The number of carboxylic acids is 1. The highest BCUT2D eigenvalue weighted by molar-refractivity contribution is 7.99. The molecule has 4 atom stereocenters. The van der Waals surface area contributed by atoms with Crippen molar-refractivity contribution in [2.24, 2.45) is 11.8 Å². The number of halogens is 2. The second-order valence-corrected chi connectivity index (χ2v) is 11.9. The maximum atomic E-state index is 14.7. The monoisotopic (exact) mass is 502 g/mol. The number of sulfone groups is 1. The maximum absolute atomic E-state index is 14.7. The zero-order valence-corrected chi connectivity index (χ0v) is 19.6. The molecular formula is C22H24ClFO6S2. The minimum Gasteiger partial charge on any atom is -0.494 e. The van der Waals surface area contributed by atoms with Gasteiger partial charge in [-0.05, 0) is 55.4 Å². The quantitative estimate of drug-likeness (QED) is 0.557. The predicted molar refractivity (Wildman–Crippen MR) is 120 cm³/mol. The molecule has 1 aromatic rings. The molecule has 4 rings (SSSR count). The maximum Gasteiger partial charge on any atom is 0.313 e. The Kier molecular flexibility index (Phi) is 6.91. The molecule has 1 N–H and O–H groups in total. The van der Waals surface area contributed by atoms with E-state index < -0.39 is 44.3 Å². The number of carboxylic acid groups (broad SMARTS) is 1. The second kappa shape index (κ2) is 9.37. The third-order valence-corrected chi connectivity index (χ3v) is 10.4. The molecule has 0 saturated carbocycles. The molecule has 32 heavy (non-hydrogen) atoms. The molecule has 6 nitrogen and oxygen atoms in total. The van der Waals surface area contributed by atoms with Crippen LogP contribution in [0.15, 0.2) is 52.9 Å². The summed E-state index contributed by atoms with van der Waals surface area (Å²) in [5.74, 6) is -2.05. The van der Waals surface area contributed by atoms with Gasteiger partial charge in [0.15, 0.2) is 15.7 Å². The summed E-state index contributed by atoms with van der Waals surface area (Å²) in [6.45, 7) is 0.237. The van der Waals surface area contributed by atoms with Crippen LogP contribution in [0.5, 0.6) is 0 Å². The first-order chi connectivity index (χ1) is 15.3. The molecule has 174 valence electrons. The fourth-order valence-corrected chi connectivity index (χ4v) is 8.42. The molecule has 0 amide bonds. The number of ether oxygens (including phenoxy) is 2. The normalized spacial score (nSPS) is 29.8. The van der Waals surface area contributed by atoms with Crippen molar-refractivity contribution in [3.8, 4) is 0 Å². The van der Waals surface area contributed by atoms with Gasteiger partial charge in [-0.1, -0.05) is 17.7 Å². The van der Waals surface area contributed by atoms with Crippen molar-refractivity contribution in [2.45, 2.75) is 35.0 Å². The van der Waals surface area contributed by atoms with E-state index in [9.17, 15) is 17.6 Å². The van der Waals surface area contributed by atoms with Crippen molar-refractivity contribution in [3.63, 3.8) is 0 Å². The van der Waals surface area contributed by atoms with Crippen molar-refractivity contribution < 1.29 is 32.2 Å². The van der Waals surface area contributed by atoms with Crippen LogP contribution < -0.4 is 0 Å². The van der Waals surface area contributed by atoms with Crippen LogP contribution >= 0.6 is 23.4 Å². The first-order valence-electron chi connectivity index (χ1n) is 10.4. The van der Waals surface area contributed by atoms with E-state index >= 15 is 0 Å². The number of aliphatic carboxylic acids is 1. The van der Waals surface area contributed by atoms with E-state index in [0.29, 0.717) is 23.6 Å². The summed E-state index contributed by atoms with van der Waals surface area (Å²) < 4.78 is 53.5. The Bertz CT molecular complexity index is 1040. The van der Waals surface area contributed by atoms with Crippen molar-refractivity contribution in [1.29, 1.82) is 0 Å². The number of hydrogen-bond donors (Lipinski definition) is 1. The van der Waals surface area contributed by atoms with Crippen LogP contribution in [0.4, 0.5) is 4.39 Å². The van der Waals surface area contributed by atoms with E-state index in [1.54, 1.807) is 6.08 Å². The van der Waals surface area contributed by atoms with Gasteiger partial charge in [0.25, 0.3) is 0 Å². The first-order valence-corrected chi connectivity index (χ1v) is 13.4. The molecule has 10 heteroatoms. The van der Waals surface area contributed by atoms with Gasteiger partial charge in [-0.2, -0.15) is 11.8 Å². The predicted octanol–water partition coefficient (Wildman–Crippen LogP) is 4.25. The topological polar surface area (TPSA) is 89.9 Å². The van der Waals surface area contributed by atoms with E-state index in [4.69, 9.17) is 26.2 Å². The molecule has 1 aliphatic carbocycles. The highest BCUT2D eigenvalue weighted by Crippen LogP contribution is 2.55. The van der Waals surface area contributed by atoms with Gasteiger partial charge in [-0.15, -0.1) is 0 Å². The number of allylic oxidation sites excluding steroid dienone is 4. The number of rotatable bonds is 7. The van der Waals surface area contributed by atoms with Crippen LogP contribution in [0.3, 0.4) is 0 Å². The van der Waals surface area contributed by atoms with Crippen LogP contribution in [0, 0.1) is 11.8 Å². The van der Waals surface area contributed by atoms with Gasteiger partial charge in [-0.3, -0.25) is 4.79 Å². The van der Waals surface area contributed by atoms with Crippen LogP contribution in [-0.2, 0) is 24.1 Å². The SMILES string of the molecule is O=C(O)CSCCC1OCCC2(S(=O)(=O)c3ccc(Cl)cc3)C3CC=CC(F)=C3OCC12. The van der Waals surface area contributed by atoms with Crippen LogP contribution in [-0.4, -0.2) is 55.1 Å². The molecule has 0 aromatic heterocycles. The number of benzene rings is 1. The molecule has 0 radical (unpaired) electrons. The van der Waals surface area contributed by atoms with E-state index in [2.05, 4.69) is 0 Å². The molecule has 2 aliphatic heterocycles. The molecule has 0 bridgehead atoms. The van der Waals surface area contributed by atoms with Gasteiger partial charge >= 0.3 is 5.97 Å². The third-order valence-electron chi connectivity index (χ3n) is 6.49. The van der Waals surface area contributed by atoms with Crippen molar-refractivity contribution in [2.75, 3.05) is 24.7 Å². The molecular weight excluding hydrogens is 479 g/mol. The Morgan fingerprint density at radius 1 is 1.31 bits per heavy atom. The lowest BCUT2D eigenvalue weighted by molar-refractivity contribution is -0.133. The van der Waals surface area contributed by atoms with E-state index in [-0.39, 0.29) is 36.0 Å². The van der Waals surface area contributed by atoms with Crippen LogP contribution in [0.1, 0.15) is 19.3 Å². The van der Waals surface area contributed by atoms with Gasteiger partial charge in [0.2, 0.25) is 0 Å². The Morgan fingerprint density at radius 3 is 2.78 bits per heavy atom. The standard InChI is InChI=1S/C22H24ClFO6S2/c23-14-4-6-15(7-5-14)32(27,28)22-9-10-29-19(8-11-31-13-20(25)26)17(22)12-30-21-16(22)2-1-3-18(21)24/h1,3-7,16-17,19H,2,8-13H2,(H,25,26). The highest BCUT2D eigenvalue weighted by atomic mass is 35.5. The fraction of sp³-hybridized carbons (Fsp3) is 0.500. The van der Waals surface area contributed by atoms with Crippen molar-refractivity contribution >= 4 is 39.2 Å². The summed E-state index contributed by atoms with van der Waals surface area (Å²) in [6.07, 6.45) is 3.60. The summed E-state index contributed by atoms with van der Waals surface area (Å²) in [6, 6.07) is 6.06. The zero-order chi connectivity index (χ0) is 22.9. The fourth-order valence-electron chi connectivity index (χ4n) is 5.10. The van der Waals surface area contributed by atoms with Crippen LogP contribution in [0.25, 0.3) is 0 Å². The van der Waals surface area contributed by atoms with Gasteiger partial charge in [-0.25, -0.2) is 12.8 Å². The summed E-state index contributed by atoms with van der Waals surface area (Å²) in [5, 5.41) is 9.31. The zero-order valence-electron chi connectivity index (χ0n) is 17.2. The Morgan fingerprint density at radius 2 is 2.06 bits per heavy atom. The first kappa shape index (κ1) is 23.6. The summed E-state index contributed by atoms with van der Waals surface area (Å²) in [4.78, 5) is 11.0. The average Bonchev–Trinajstić information content (AvgIpc) is 2.77. The van der Waals surface area contributed by atoms with E-state index in [1.165, 1.54) is 42.1 Å². The molecule has 2 heterocycles. The molecule has 1 aromatic carbocycles. The highest BCUT2D eigenvalue weighted by Gasteiger charge is 2.63.